The van der Waals surface area contributed by atoms with Gasteiger partial charge in [-0.1, -0.05) is 112 Å². The molecule has 196 valence electrons. The zero-order valence-corrected chi connectivity index (χ0v) is 24.9. The molecule has 0 saturated carbocycles. The molecule has 1 aliphatic rings. The fourth-order valence-electron chi connectivity index (χ4n) is 4.84. The first-order valence-corrected chi connectivity index (χ1v) is 15.1. The molecule has 2 rings (SSSR count). The van der Waals surface area contributed by atoms with E-state index in [0.29, 0.717) is 11.8 Å². The predicted octanol–water partition coefficient (Wildman–Crippen LogP) is 10.3. The molecule has 1 heterocycles. The fraction of sp³-hybridized carbons (Fsp3) is 0.688. The van der Waals surface area contributed by atoms with Crippen LogP contribution in [0.25, 0.3) is 5.57 Å². The lowest BCUT2D eigenvalue weighted by molar-refractivity contribution is 0.415. The summed E-state index contributed by atoms with van der Waals surface area (Å²) in [6, 6.07) is 4.55. The molecule has 3 heteroatoms. The quantitative estimate of drug-likeness (QED) is 0.181. The Labute approximate surface area is 221 Å². The van der Waals surface area contributed by atoms with Crippen LogP contribution in [0.4, 0.5) is 0 Å². The highest BCUT2D eigenvalue weighted by molar-refractivity contribution is 7.13. The van der Waals surface area contributed by atoms with Crippen molar-refractivity contribution in [1.82, 2.24) is 0 Å². The van der Waals surface area contributed by atoms with Crippen LogP contribution in [-0.2, 0) is 0 Å². The second kappa shape index (κ2) is 14.9. The first-order valence-electron chi connectivity index (χ1n) is 14.3. The van der Waals surface area contributed by atoms with Crippen molar-refractivity contribution >= 4 is 28.3 Å². The summed E-state index contributed by atoms with van der Waals surface area (Å²) < 4.78 is 0. The van der Waals surface area contributed by atoms with Crippen molar-refractivity contribution in [2.24, 2.45) is 21.3 Å². The third-order valence-corrected chi connectivity index (χ3v) is 8.50. The maximum atomic E-state index is 5.38. The molecule has 1 aromatic rings. The Morgan fingerprint density at radius 1 is 0.829 bits per heavy atom. The highest BCUT2D eigenvalue weighted by Gasteiger charge is 2.30. The van der Waals surface area contributed by atoms with E-state index >= 15 is 0 Å². The van der Waals surface area contributed by atoms with E-state index in [2.05, 4.69) is 72.8 Å². The van der Waals surface area contributed by atoms with Gasteiger partial charge in [0.2, 0.25) is 0 Å². The molecule has 2 nitrogen and oxygen atoms in total. The van der Waals surface area contributed by atoms with E-state index in [0.717, 1.165) is 18.0 Å². The van der Waals surface area contributed by atoms with Crippen molar-refractivity contribution in [1.29, 1.82) is 0 Å². The summed E-state index contributed by atoms with van der Waals surface area (Å²) >= 11 is 1.90. The second-order valence-electron chi connectivity index (χ2n) is 11.6. The first-order chi connectivity index (χ1) is 16.7. The third-order valence-electron chi connectivity index (χ3n) is 7.08. The van der Waals surface area contributed by atoms with Gasteiger partial charge < -0.3 is 0 Å². The average molecular weight is 497 g/mol. The molecule has 0 fully saturated rings. The van der Waals surface area contributed by atoms with E-state index in [1.165, 1.54) is 85.1 Å². The first kappa shape index (κ1) is 29.7. The number of aliphatic imine (C=N–C) groups is 2. The van der Waals surface area contributed by atoms with E-state index in [1.807, 2.05) is 18.4 Å². The van der Waals surface area contributed by atoms with Crippen LogP contribution in [0.3, 0.4) is 0 Å². The number of hydrogen-bond acceptors (Lipinski definition) is 3. The van der Waals surface area contributed by atoms with Crippen molar-refractivity contribution < 1.29 is 0 Å². The van der Waals surface area contributed by atoms with Crippen LogP contribution in [0.1, 0.15) is 128 Å². The monoisotopic (exact) mass is 496 g/mol. The van der Waals surface area contributed by atoms with E-state index < -0.39 is 0 Å². The molecule has 0 bridgehead atoms. The van der Waals surface area contributed by atoms with Crippen LogP contribution in [0.15, 0.2) is 39.8 Å². The van der Waals surface area contributed by atoms with Gasteiger partial charge in [-0.05, 0) is 47.8 Å². The highest BCUT2D eigenvalue weighted by Crippen LogP contribution is 2.37. The lowest BCUT2D eigenvalue weighted by atomic mass is 9.78. The Kier molecular flexibility index (Phi) is 12.7. The Morgan fingerprint density at radius 3 is 1.94 bits per heavy atom. The van der Waals surface area contributed by atoms with Crippen LogP contribution < -0.4 is 0 Å². The smallest absolute Gasteiger partial charge is 0.0912 e. The molecular weight excluding hydrogens is 444 g/mol. The van der Waals surface area contributed by atoms with E-state index in [1.54, 1.807) is 0 Å². The zero-order chi connectivity index (χ0) is 25.8. The van der Waals surface area contributed by atoms with Crippen molar-refractivity contribution in [2.45, 2.75) is 119 Å². The SMILES string of the molecule is CCCCCCC(CCCCCC)CN=C1C(C(C)(C)C)=CC=C(c2ccc(C(C)C)s2)C1=NC. The van der Waals surface area contributed by atoms with Crippen LogP contribution >= 0.6 is 11.3 Å². The van der Waals surface area contributed by atoms with E-state index in [-0.39, 0.29) is 5.41 Å². The summed E-state index contributed by atoms with van der Waals surface area (Å²) in [5, 5.41) is 0. The summed E-state index contributed by atoms with van der Waals surface area (Å²) in [5.41, 5.74) is 4.79. The van der Waals surface area contributed by atoms with Gasteiger partial charge in [-0.15, -0.1) is 11.3 Å². The van der Waals surface area contributed by atoms with Gasteiger partial charge in [0.15, 0.2) is 0 Å². The van der Waals surface area contributed by atoms with Crippen molar-refractivity contribution in [3.8, 4) is 0 Å². The van der Waals surface area contributed by atoms with E-state index in [4.69, 9.17) is 9.98 Å². The Morgan fingerprint density at radius 2 is 1.46 bits per heavy atom. The maximum Gasteiger partial charge on any atom is 0.0912 e. The molecule has 35 heavy (non-hydrogen) atoms. The number of rotatable bonds is 14. The minimum Gasteiger partial charge on any atom is -0.286 e. The van der Waals surface area contributed by atoms with Crippen molar-refractivity contribution in [3.05, 3.63) is 39.6 Å². The topological polar surface area (TPSA) is 24.7 Å². The molecule has 0 saturated heterocycles. The maximum absolute atomic E-state index is 5.38. The number of unbranched alkanes of at least 4 members (excludes halogenated alkanes) is 6. The minimum atomic E-state index is 0.0348. The molecule has 1 aliphatic carbocycles. The molecule has 0 spiro atoms. The third kappa shape index (κ3) is 9.16. The normalized spacial score (nSPS) is 17.1. The van der Waals surface area contributed by atoms with Gasteiger partial charge in [0.25, 0.3) is 0 Å². The molecule has 0 unspecified atom stereocenters. The van der Waals surface area contributed by atoms with E-state index in [9.17, 15) is 0 Å². The minimum absolute atomic E-state index is 0.0348. The van der Waals surface area contributed by atoms with Crippen molar-refractivity contribution in [3.63, 3.8) is 0 Å². The molecule has 0 aliphatic heterocycles. The number of nitrogens with zero attached hydrogens (tertiary/aromatic N) is 2. The van der Waals surface area contributed by atoms with Crippen LogP contribution in [0.2, 0.25) is 0 Å². The Bertz CT molecular complexity index is 877. The van der Waals surface area contributed by atoms with Gasteiger partial charge >= 0.3 is 0 Å². The Balaban J connectivity index is 2.32. The molecule has 0 radical (unpaired) electrons. The van der Waals surface area contributed by atoms with Gasteiger partial charge in [-0.3, -0.25) is 9.98 Å². The number of thiophene rings is 1. The summed E-state index contributed by atoms with van der Waals surface area (Å²) in [6.07, 6.45) is 17.9. The average Bonchev–Trinajstić information content (AvgIpc) is 3.31. The number of hydrogen-bond donors (Lipinski definition) is 0. The summed E-state index contributed by atoms with van der Waals surface area (Å²) in [6.45, 7) is 17.0. The summed E-state index contributed by atoms with van der Waals surface area (Å²) in [5.74, 6) is 1.23. The van der Waals surface area contributed by atoms with Crippen molar-refractivity contribution in [2.75, 3.05) is 13.6 Å². The predicted molar refractivity (Wildman–Crippen MR) is 161 cm³/mol. The summed E-state index contributed by atoms with van der Waals surface area (Å²) in [7, 11) is 1.94. The summed E-state index contributed by atoms with van der Waals surface area (Å²) in [4.78, 5) is 13.0. The second-order valence-corrected chi connectivity index (χ2v) is 12.7. The molecular formula is C32H52N2S. The fourth-order valence-corrected chi connectivity index (χ4v) is 5.88. The Hall–Kier alpha value is -1.48. The largest absolute Gasteiger partial charge is 0.286 e. The molecule has 0 amide bonds. The van der Waals surface area contributed by atoms with Gasteiger partial charge in [-0.25, -0.2) is 0 Å². The molecule has 0 aromatic carbocycles. The van der Waals surface area contributed by atoms with Crippen LogP contribution in [0.5, 0.6) is 0 Å². The molecule has 0 atom stereocenters. The van der Waals surface area contributed by atoms with Crippen LogP contribution in [-0.4, -0.2) is 25.0 Å². The molecule has 1 aromatic heterocycles. The molecule has 0 N–H and O–H groups in total. The highest BCUT2D eigenvalue weighted by atomic mass is 32.1. The lowest BCUT2D eigenvalue weighted by Gasteiger charge is -2.29. The number of allylic oxidation sites excluding steroid dienone is 4. The van der Waals surface area contributed by atoms with Gasteiger partial charge in [0.1, 0.15) is 0 Å². The standard InChI is InChI=1S/C32H52N2S/c1-9-11-13-15-17-25(18-16-14-12-10-2)23-34-31-27(32(5,6)7)20-19-26(30(31)33-8)29-22-21-28(35-29)24(3)4/h19-22,24-25H,9-18,23H2,1-8H3. The van der Waals surface area contributed by atoms with Gasteiger partial charge in [-0.2, -0.15) is 0 Å². The van der Waals surface area contributed by atoms with Gasteiger partial charge in [0, 0.05) is 28.9 Å². The lowest BCUT2D eigenvalue weighted by Crippen LogP contribution is -2.29. The zero-order valence-electron chi connectivity index (χ0n) is 24.0. The van der Waals surface area contributed by atoms with Crippen LogP contribution in [0, 0.1) is 11.3 Å². The van der Waals surface area contributed by atoms with Gasteiger partial charge in [0.05, 0.1) is 11.4 Å².